The molecule has 4 N–H and O–H groups in total. The smallest absolute Gasteiger partial charge is 0.459 e. The molecule has 0 aliphatic carbocycles. The number of nitrogens with one attached hydrogen (secondary N) is 2. The minimum atomic E-state index is -4.65. The number of halogens is 1. The van der Waals surface area contributed by atoms with Gasteiger partial charge in [-0.05, 0) is 29.5 Å². The Kier molecular flexibility index (Phi) is 11.2. The number of aliphatic hydroxyl groups excluding tert-OH is 2. The summed E-state index contributed by atoms with van der Waals surface area (Å²) in [6, 6.07) is 20.6. The van der Waals surface area contributed by atoms with Crippen molar-refractivity contribution in [1.29, 1.82) is 0 Å². The average molecular weight is 689 g/mol. The molecule has 16 nitrogen and oxygen atoms in total. The molecule has 1 aromatic heterocycles. The number of hydrogen-bond donors (Lipinski definition) is 4. The lowest BCUT2D eigenvalue weighted by molar-refractivity contribution is -0.146. The topological polar surface area (TPSA) is 227 Å². The van der Waals surface area contributed by atoms with E-state index in [-0.39, 0.29) is 24.8 Å². The third kappa shape index (κ3) is 7.91. The molecule has 2 heterocycles. The number of carbonyl (C=O) groups excluding carboxylic acids is 1. The van der Waals surface area contributed by atoms with E-state index in [9.17, 15) is 34.7 Å². The molecule has 0 spiro atoms. The SMILES string of the molecule is C[C@H](NP(=O)(OCC1(N=[N+]=[N-])O[C@@H](n2ccc(=O)[nH]c2=O)[C@@H](O)[C@H]1O)Oc1cccc2ccccc12)C(=O)OCc1ccccc1.Cl. The Bertz CT molecular complexity index is 1930. The maximum absolute atomic E-state index is 14.4. The predicted octanol–water partition coefficient (Wildman–Crippen LogP) is 3.29. The van der Waals surface area contributed by atoms with Crippen LogP contribution in [-0.2, 0) is 30.0 Å². The fourth-order valence-electron chi connectivity index (χ4n) is 4.74. The van der Waals surface area contributed by atoms with Gasteiger partial charge in [-0.2, -0.15) is 5.09 Å². The fourth-order valence-corrected chi connectivity index (χ4v) is 6.28. The van der Waals surface area contributed by atoms with E-state index in [1.165, 1.54) is 13.0 Å². The van der Waals surface area contributed by atoms with Crippen LogP contribution in [0.15, 0.2) is 99.8 Å². The molecule has 2 unspecified atom stereocenters. The number of rotatable bonds is 12. The first-order chi connectivity index (χ1) is 22.0. The highest BCUT2D eigenvalue weighted by Gasteiger charge is 2.56. The van der Waals surface area contributed by atoms with Crippen molar-refractivity contribution in [2.75, 3.05) is 6.61 Å². The first kappa shape index (κ1) is 35.4. The fraction of sp³-hybridized carbons (Fsp3) is 0.276. The van der Waals surface area contributed by atoms with Crippen LogP contribution >= 0.6 is 20.2 Å². The number of esters is 1. The predicted molar refractivity (Wildman–Crippen MR) is 170 cm³/mol. The van der Waals surface area contributed by atoms with Gasteiger partial charge in [-0.3, -0.25) is 23.7 Å². The lowest BCUT2D eigenvalue weighted by Crippen LogP contribution is -2.45. The van der Waals surface area contributed by atoms with E-state index in [0.29, 0.717) is 10.9 Å². The van der Waals surface area contributed by atoms with Crippen LogP contribution in [-0.4, -0.2) is 56.3 Å². The molecule has 248 valence electrons. The van der Waals surface area contributed by atoms with Crippen LogP contribution < -0.4 is 20.9 Å². The Morgan fingerprint density at radius 1 is 1.13 bits per heavy atom. The normalized spacial score (nSPS) is 22.3. The van der Waals surface area contributed by atoms with Gasteiger partial charge in [0.1, 0.15) is 30.6 Å². The molecule has 1 aliphatic rings. The molecule has 18 heteroatoms. The quantitative estimate of drug-likeness (QED) is 0.0555. The van der Waals surface area contributed by atoms with Gasteiger partial charge >= 0.3 is 19.4 Å². The van der Waals surface area contributed by atoms with E-state index >= 15 is 0 Å². The number of carbonyl (C=O) groups is 1. The molecule has 4 aromatic rings. The van der Waals surface area contributed by atoms with Gasteiger partial charge in [0.2, 0.25) is 5.72 Å². The third-order valence-corrected chi connectivity index (χ3v) is 8.69. The van der Waals surface area contributed by atoms with Crippen LogP contribution in [0.3, 0.4) is 0 Å². The maximum Gasteiger partial charge on any atom is 0.459 e. The highest BCUT2D eigenvalue weighted by Crippen LogP contribution is 2.49. The van der Waals surface area contributed by atoms with Gasteiger partial charge in [-0.15, -0.1) is 12.4 Å². The van der Waals surface area contributed by atoms with Gasteiger partial charge in [0.05, 0.1) is 6.61 Å². The molecule has 3 aromatic carbocycles. The first-order valence-electron chi connectivity index (χ1n) is 13.9. The number of ether oxygens (including phenoxy) is 2. The third-order valence-electron chi connectivity index (χ3n) is 7.08. The molecular weight excluding hydrogens is 659 g/mol. The van der Waals surface area contributed by atoms with Gasteiger partial charge in [-0.25, -0.2) is 9.36 Å². The number of aliphatic hydroxyl groups is 2. The molecule has 1 aliphatic heterocycles. The number of hydrogen-bond acceptors (Lipinski definition) is 11. The number of nitrogens with zero attached hydrogens (tertiary/aromatic N) is 4. The zero-order valence-corrected chi connectivity index (χ0v) is 26.3. The molecule has 0 radical (unpaired) electrons. The van der Waals surface area contributed by atoms with Crippen molar-refractivity contribution in [2.24, 2.45) is 5.11 Å². The van der Waals surface area contributed by atoms with E-state index in [1.54, 1.807) is 60.7 Å². The number of aromatic nitrogens is 2. The van der Waals surface area contributed by atoms with Crippen LogP contribution in [0.2, 0.25) is 0 Å². The standard InChI is InChI=1S/C29H29N6O10P.ClH/c1-18(27(39)42-16-19-8-3-2-4-9-19)32-46(41,45-22-13-7-11-20-10-5-6-12-21(20)22)43-17-29(33-34-30)25(38)24(37)26(44-29)35-15-14-23(36)31-28(35)40;/h2-15,18,24-26,37-38H,16-17H2,1H3,(H,32,41)(H,31,36,40);1H/t18-,24-,25+,26+,29?,46?;/m0./s1. The largest absolute Gasteiger partial charge is 0.460 e. The summed E-state index contributed by atoms with van der Waals surface area (Å²) >= 11 is 0. The molecule has 0 saturated carbocycles. The Labute approximate surface area is 272 Å². The number of fused-ring (bicyclic) bond motifs is 1. The summed E-state index contributed by atoms with van der Waals surface area (Å²) in [7, 11) is -4.65. The first-order valence-corrected chi connectivity index (χ1v) is 15.4. The van der Waals surface area contributed by atoms with Crippen molar-refractivity contribution in [1.82, 2.24) is 14.6 Å². The summed E-state index contributed by atoms with van der Waals surface area (Å²) in [5, 5.41) is 29.0. The monoisotopic (exact) mass is 688 g/mol. The van der Waals surface area contributed by atoms with E-state index in [0.717, 1.165) is 22.2 Å². The molecular formula is C29H30ClN6O10P. The molecule has 0 amide bonds. The molecule has 1 saturated heterocycles. The number of aromatic amines is 1. The van der Waals surface area contributed by atoms with Crippen LogP contribution in [0.4, 0.5) is 0 Å². The van der Waals surface area contributed by atoms with Crippen LogP contribution in [0.25, 0.3) is 21.2 Å². The molecule has 5 rings (SSSR count). The van der Waals surface area contributed by atoms with Gasteiger partial charge in [-0.1, -0.05) is 71.8 Å². The molecule has 47 heavy (non-hydrogen) atoms. The average Bonchev–Trinajstić information content (AvgIpc) is 3.29. The van der Waals surface area contributed by atoms with Crippen LogP contribution in [0, 0.1) is 0 Å². The van der Waals surface area contributed by atoms with Crippen molar-refractivity contribution in [3.05, 3.63) is 122 Å². The van der Waals surface area contributed by atoms with Gasteiger partial charge in [0.15, 0.2) is 6.23 Å². The van der Waals surface area contributed by atoms with Crippen molar-refractivity contribution in [3.63, 3.8) is 0 Å². The summed E-state index contributed by atoms with van der Waals surface area (Å²) in [4.78, 5) is 41.5. The van der Waals surface area contributed by atoms with Crippen molar-refractivity contribution in [3.8, 4) is 5.75 Å². The highest BCUT2D eigenvalue weighted by molar-refractivity contribution is 7.52. The van der Waals surface area contributed by atoms with Crippen molar-refractivity contribution >= 4 is 36.9 Å². The van der Waals surface area contributed by atoms with Gasteiger partial charge < -0.3 is 24.2 Å². The second-order valence-corrected chi connectivity index (χ2v) is 12.0. The maximum atomic E-state index is 14.4. The van der Waals surface area contributed by atoms with Crippen LogP contribution in [0.5, 0.6) is 5.75 Å². The van der Waals surface area contributed by atoms with Crippen molar-refractivity contribution in [2.45, 2.75) is 43.7 Å². The zero-order valence-electron chi connectivity index (χ0n) is 24.6. The Morgan fingerprint density at radius 3 is 2.55 bits per heavy atom. The number of benzene rings is 3. The zero-order chi connectivity index (χ0) is 32.9. The second kappa shape index (κ2) is 14.9. The Balaban J connectivity index is 0.00000500. The lowest BCUT2D eigenvalue weighted by Gasteiger charge is -2.29. The summed E-state index contributed by atoms with van der Waals surface area (Å²) in [6.07, 6.45) is -4.55. The van der Waals surface area contributed by atoms with Crippen LogP contribution in [0.1, 0.15) is 18.7 Å². The summed E-state index contributed by atoms with van der Waals surface area (Å²) in [6.45, 7) is 0.303. The molecule has 6 atom stereocenters. The lowest BCUT2D eigenvalue weighted by atomic mass is 10.1. The van der Waals surface area contributed by atoms with E-state index in [1.807, 2.05) is 11.1 Å². The van der Waals surface area contributed by atoms with E-state index < -0.39 is 61.8 Å². The van der Waals surface area contributed by atoms with Crippen molar-refractivity contribution < 1.29 is 38.1 Å². The van der Waals surface area contributed by atoms with Gasteiger partial charge in [0, 0.05) is 22.6 Å². The minimum Gasteiger partial charge on any atom is -0.460 e. The number of azide groups is 1. The Hall–Kier alpha value is -4.50. The second-order valence-electron chi connectivity index (χ2n) is 10.3. The summed E-state index contributed by atoms with van der Waals surface area (Å²) in [5.41, 5.74) is 5.88. The summed E-state index contributed by atoms with van der Waals surface area (Å²) in [5.74, 6) is -0.703. The molecule has 0 bridgehead atoms. The van der Waals surface area contributed by atoms with Gasteiger partial charge in [0.25, 0.3) is 5.56 Å². The van der Waals surface area contributed by atoms with E-state index in [2.05, 4.69) is 15.1 Å². The van der Waals surface area contributed by atoms with E-state index in [4.69, 9.17) is 18.5 Å². The minimum absolute atomic E-state index is 0. The Morgan fingerprint density at radius 2 is 1.83 bits per heavy atom. The number of H-pyrrole nitrogens is 1. The highest BCUT2D eigenvalue weighted by atomic mass is 35.5. The molecule has 1 fully saturated rings. The summed E-state index contributed by atoms with van der Waals surface area (Å²) < 4.78 is 37.7.